The molecule has 7 nitrogen and oxygen atoms in total. The Hall–Kier alpha value is -2.41. The summed E-state index contributed by atoms with van der Waals surface area (Å²) in [5, 5.41) is 10.2. The molecule has 0 amide bonds. The first-order valence-corrected chi connectivity index (χ1v) is 6.37. The van der Waals surface area contributed by atoms with Crippen LogP contribution in [-0.4, -0.2) is 24.7 Å². The van der Waals surface area contributed by atoms with Gasteiger partial charge in [0.1, 0.15) is 29.8 Å². The van der Waals surface area contributed by atoms with Gasteiger partial charge in [0.2, 0.25) is 0 Å². The minimum atomic E-state index is -0.148. The maximum atomic E-state index is 5.53. The van der Waals surface area contributed by atoms with Gasteiger partial charge in [0, 0.05) is 19.4 Å². The first kappa shape index (κ1) is 12.6. The molecule has 2 N–H and O–H groups in total. The minimum absolute atomic E-state index is 0.00991. The van der Waals surface area contributed by atoms with Gasteiger partial charge in [-0.05, 0) is 19.1 Å². The van der Waals surface area contributed by atoms with Gasteiger partial charge in [-0.25, -0.2) is 9.97 Å². The average molecular weight is 272 g/mol. The number of aryl methyl sites for hydroxylation is 1. The molecule has 0 aliphatic rings. The molecule has 0 aromatic carbocycles. The van der Waals surface area contributed by atoms with Gasteiger partial charge in [0.15, 0.2) is 0 Å². The predicted molar refractivity (Wildman–Crippen MR) is 71.7 cm³/mol. The molecular formula is C13H16N6O. The first-order chi connectivity index (χ1) is 9.75. The highest BCUT2D eigenvalue weighted by molar-refractivity contribution is 5.16. The van der Waals surface area contributed by atoms with Crippen LogP contribution in [0, 0.1) is 0 Å². The molecular weight excluding hydrogens is 256 g/mol. The lowest BCUT2D eigenvalue weighted by molar-refractivity contribution is 0.397. The quantitative estimate of drug-likeness (QED) is 0.736. The Bertz CT molecular complexity index is 642. The average Bonchev–Trinajstić information content (AvgIpc) is 3.18. The number of H-pyrrole nitrogens is 1. The normalized spacial score (nSPS) is 14.3. The fourth-order valence-electron chi connectivity index (χ4n) is 2.15. The lowest BCUT2D eigenvalue weighted by Gasteiger charge is -2.20. The van der Waals surface area contributed by atoms with Crippen LogP contribution in [0.25, 0.3) is 0 Å². The Morgan fingerprint density at radius 2 is 2.30 bits per heavy atom. The van der Waals surface area contributed by atoms with Gasteiger partial charge in [0.25, 0.3) is 0 Å². The number of hydrogen-bond acceptors (Lipinski definition) is 5. The van der Waals surface area contributed by atoms with Gasteiger partial charge in [-0.1, -0.05) is 0 Å². The second kappa shape index (κ2) is 5.30. The second-order valence-electron chi connectivity index (χ2n) is 4.60. The maximum absolute atomic E-state index is 5.53. The van der Waals surface area contributed by atoms with Crippen LogP contribution < -0.4 is 5.32 Å². The van der Waals surface area contributed by atoms with Crippen LogP contribution in [0.2, 0.25) is 0 Å². The zero-order chi connectivity index (χ0) is 13.9. The second-order valence-corrected chi connectivity index (χ2v) is 4.60. The Kier molecular flexibility index (Phi) is 3.34. The number of nitrogens with one attached hydrogen (secondary N) is 2. The molecule has 2 atom stereocenters. The van der Waals surface area contributed by atoms with Crippen LogP contribution in [0.15, 0.2) is 41.5 Å². The summed E-state index contributed by atoms with van der Waals surface area (Å²) < 4.78 is 7.50. The van der Waals surface area contributed by atoms with Crippen molar-refractivity contribution in [1.29, 1.82) is 0 Å². The van der Waals surface area contributed by atoms with Crippen molar-refractivity contribution in [2.24, 2.45) is 7.05 Å². The summed E-state index contributed by atoms with van der Waals surface area (Å²) >= 11 is 0. The van der Waals surface area contributed by atoms with Gasteiger partial charge in [0.05, 0.1) is 12.3 Å². The summed E-state index contributed by atoms with van der Waals surface area (Å²) in [6.45, 7) is 2.01. The highest BCUT2D eigenvalue weighted by Gasteiger charge is 2.24. The van der Waals surface area contributed by atoms with Crippen LogP contribution >= 0.6 is 0 Å². The third-order valence-electron chi connectivity index (χ3n) is 3.20. The summed E-state index contributed by atoms with van der Waals surface area (Å²) in [5.74, 6) is 2.47. The molecule has 3 rings (SSSR count). The molecule has 0 saturated carbocycles. The Labute approximate surface area is 116 Å². The van der Waals surface area contributed by atoms with Gasteiger partial charge >= 0.3 is 0 Å². The van der Waals surface area contributed by atoms with E-state index in [1.165, 1.54) is 6.33 Å². The van der Waals surface area contributed by atoms with Gasteiger partial charge < -0.3 is 8.98 Å². The Morgan fingerprint density at radius 3 is 2.90 bits per heavy atom. The van der Waals surface area contributed by atoms with Crippen molar-refractivity contribution in [3.05, 3.63) is 54.5 Å². The maximum Gasteiger partial charge on any atom is 0.141 e. The standard InChI is InChI=1S/C13H16N6O/c1-9(12-15-8-16-18-12)17-11(10-4-3-7-20-10)13-14-5-6-19(13)2/h3-9,11,17H,1-2H3,(H,15,16,18). The zero-order valence-corrected chi connectivity index (χ0v) is 11.3. The topological polar surface area (TPSA) is 84.6 Å². The third-order valence-corrected chi connectivity index (χ3v) is 3.20. The summed E-state index contributed by atoms with van der Waals surface area (Å²) in [6.07, 6.45) is 6.83. The summed E-state index contributed by atoms with van der Waals surface area (Å²) in [5.41, 5.74) is 0. The van der Waals surface area contributed by atoms with E-state index in [-0.39, 0.29) is 12.1 Å². The lowest BCUT2D eigenvalue weighted by Crippen LogP contribution is -2.28. The van der Waals surface area contributed by atoms with Gasteiger partial charge in [-0.2, -0.15) is 5.10 Å². The first-order valence-electron chi connectivity index (χ1n) is 6.37. The Morgan fingerprint density at radius 1 is 1.40 bits per heavy atom. The molecule has 0 spiro atoms. The molecule has 0 aliphatic carbocycles. The molecule has 3 aromatic heterocycles. The monoisotopic (exact) mass is 272 g/mol. The van der Waals surface area contributed by atoms with E-state index >= 15 is 0 Å². The van der Waals surface area contributed by atoms with Crippen LogP contribution in [0.5, 0.6) is 0 Å². The fraction of sp³-hybridized carbons (Fsp3) is 0.308. The minimum Gasteiger partial charge on any atom is -0.467 e. The van der Waals surface area contributed by atoms with Crippen molar-refractivity contribution < 1.29 is 4.42 Å². The summed E-state index contributed by atoms with van der Waals surface area (Å²) in [7, 11) is 1.96. The Balaban J connectivity index is 1.89. The van der Waals surface area contributed by atoms with Crippen LogP contribution in [0.3, 0.4) is 0 Å². The highest BCUT2D eigenvalue weighted by Crippen LogP contribution is 2.23. The molecule has 0 aliphatic heterocycles. The van der Waals surface area contributed by atoms with E-state index in [9.17, 15) is 0 Å². The van der Waals surface area contributed by atoms with E-state index in [4.69, 9.17) is 4.42 Å². The van der Waals surface area contributed by atoms with Crippen molar-refractivity contribution in [2.45, 2.75) is 19.0 Å². The number of hydrogen-bond donors (Lipinski definition) is 2. The molecule has 104 valence electrons. The van der Waals surface area contributed by atoms with E-state index in [1.807, 2.05) is 36.9 Å². The fourth-order valence-corrected chi connectivity index (χ4v) is 2.15. The number of aromatic nitrogens is 5. The molecule has 0 bridgehead atoms. The lowest BCUT2D eigenvalue weighted by atomic mass is 10.1. The van der Waals surface area contributed by atoms with E-state index in [1.54, 1.807) is 12.5 Å². The van der Waals surface area contributed by atoms with E-state index in [0.717, 1.165) is 17.4 Å². The van der Waals surface area contributed by atoms with Gasteiger partial charge in [-0.15, -0.1) is 0 Å². The SMILES string of the molecule is CC(NC(c1ccco1)c1nccn1C)c1ncn[nH]1. The van der Waals surface area contributed by atoms with Crippen molar-refractivity contribution in [3.8, 4) is 0 Å². The van der Waals surface area contributed by atoms with E-state index in [0.29, 0.717) is 0 Å². The summed E-state index contributed by atoms with van der Waals surface area (Å²) in [4.78, 5) is 8.57. The molecule has 0 fully saturated rings. The van der Waals surface area contributed by atoms with Crippen molar-refractivity contribution in [1.82, 2.24) is 30.0 Å². The zero-order valence-electron chi connectivity index (χ0n) is 11.3. The van der Waals surface area contributed by atoms with Crippen molar-refractivity contribution >= 4 is 0 Å². The summed E-state index contributed by atoms with van der Waals surface area (Å²) in [6, 6.07) is 3.64. The van der Waals surface area contributed by atoms with Crippen LogP contribution in [0.1, 0.15) is 36.4 Å². The number of rotatable bonds is 5. The van der Waals surface area contributed by atoms with Gasteiger partial charge in [-0.3, -0.25) is 10.4 Å². The number of nitrogens with zero attached hydrogens (tertiary/aromatic N) is 4. The molecule has 20 heavy (non-hydrogen) atoms. The largest absolute Gasteiger partial charge is 0.467 e. The van der Waals surface area contributed by atoms with Crippen molar-refractivity contribution in [2.75, 3.05) is 0 Å². The van der Waals surface area contributed by atoms with E-state index < -0.39 is 0 Å². The number of aromatic amines is 1. The molecule has 0 radical (unpaired) electrons. The number of furan rings is 1. The third kappa shape index (κ3) is 2.35. The molecule has 7 heteroatoms. The van der Waals surface area contributed by atoms with E-state index in [2.05, 4.69) is 25.5 Å². The molecule has 3 aromatic rings. The molecule has 0 saturated heterocycles. The van der Waals surface area contributed by atoms with Crippen LogP contribution in [-0.2, 0) is 7.05 Å². The highest BCUT2D eigenvalue weighted by atomic mass is 16.3. The smallest absolute Gasteiger partial charge is 0.141 e. The molecule has 3 heterocycles. The van der Waals surface area contributed by atoms with Crippen LogP contribution in [0.4, 0.5) is 0 Å². The molecule has 2 unspecified atom stereocenters. The number of imidazole rings is 1. The van der Waals surface area contributed by atoms with Crippen molar-refractivity contribution in [3.63, 3.8) is 0 Å². The predicted octanol–water partition coefficient (Wildman–Crippen LogP) is 1.57.